The highest BCUT2D eigenvalue weighted by atomic mass is 16.5. The minimum Gasteiger partial charge on any atom is -0.468 e. The highest BCUT2D eigenvalue weighted by Crippen LogP contribution is 2.04. The summed E-state index contributed by atoms with van der Waals surface area (Å²) in [5.74, 6) is -0.240. The van der Waals surface area contributed by atoms with Gasteiger partial charge in [0, 0.05) is 19.3 Å². The van der Waals surface area contributed by atoms with E-state index in [0.717, 1.165) is 11.3 Å². The molecule has 0 unspecified atom stereocenters. The van der Waals surface area contributed by atoms with Gasteiger partial charge in [0.1, 0.15) is 0 Å². The van der Waals surface area contributed by atoms with E-state index in [2.05, 4.69) is 9.72 Å². The van der Waals surface area contributed by atoms with Crippen LogP contribution in [0.4, 0.5) is 0 Å². The lowest BCUT2D eigenvalue weighted by molar-refractivity contribution is -0.141. The van der Waals surface area contributed by atoms with Gasteiger partial charge in [0.25, 0.3) is 0 Å². The first kappa shape index (κ1) is 12.6. The Morgan fingerprint density at radius 2 is 2.38 bits per heavy atom. The lowest BCUT2D eigenvalue weighted by Crippen LogP contribution is -2.26. The van der Waals surface area contributed by atoms with E-state index in [1.54, 1.807) is 6.20 Å². The van der Waals surface area contributed by atoms with Crippen LogP contribution >= 0.6 is 0 Å². The minimum absolute atomic E-state index is 0.240. The first-order chi connectivity index (χ1) is 7.65. The minimum atomic E-state index is -0.240. The predicted molar refractivity (Wildman–Crippen MR) is 60.5 cm³/mol. The molecule has 2 N–H and O–H groups in total. The van der Waals surface area contributed by atoms with E-state index in [0.29, 0.717) is 13.1 Å². The zero-order valence-corrected chi connectivity index (χ0v) is 9.64. The second-order valence-electron chi connectivity index (χ2n) is 3.61. The van der Waals surface area contributed by atoms with Crippen molar-refractivity contribution in [1.29, 1.82) is 0 Å². The highest BCUT2D eigenvalue weighted by Gasteiger charge is 2.07. The number of carbonyl (C=O) groups excluding carboxylic acids is 1. The summed E-state index contributed by atoms with van der Waals surface area (Å²) < 4.78 is 4.59. The predicted octanol–water partition coefficient (Wildman–Crippen LogP) is 0.145. The fourth-order valence-electron chi connectivity index (χ4n) is 1.39. The summed E-state index contributed by atoms with van der Waals surface area (Å²) in [7, 11) is 3.24. The number of methoxy groups -OCH3 is 1. The van der Waals surface area contributed by atoms with Crippen LogP contribution in [0.5, 0.6) is 0 Å². The Labute approximate surface area is 95.2 Å². The number of rotatable bonds is 5. The standard InChI is InChI=1S/C11H17N3O2/c1-14(8-11(15)16-2)7-9-3-4-13-10(5-9)6-12/h3-5H,6-8,12H2,1-2H3. The maximum Gasteiger partial charge on any atom is 0.319 e. The molecule has 0 radical (unpaired) electrons. The molecule has 5 heteroatoms. The molecule has 1 heterocycles. The quantitative estimate of drug-likeness (QED) is 0.719. The number of ether oxygens (including phenoxy) is 1. The van der Waals surface area contributed by atoms with Gasteiger partial charge in [0.15, 0.2) is 0 Å². The Kier molecular flexibility index (Phi) is 4.88. The molecular weight excluding hydrogens is 206 g/mol. The first-order valence-corrected chi connectivity index (χ1v) is 5.05. The third-order valence-corrected chi connectivity index (χ3v) is 2.17. The summed E-state index contributed by atoms with van der Waals surface area (Å²) in [6.07, 6.45) is 1.73. The number of aromatic nitrogens is 1. The van der Waals surface area contributed by atoms with Gasteiger partial charge in [-0.2, -0.15) is 0 Å². The Balaban J connectivity index is 2.55. The Morgan fingerprint density at radius 1 is 1.62 bits per heavy atom. The van der Waals surface area contributed by atoms with Crippen molar-refractivity contribution in [3.63, 3.8) is 0 Å². The van der Waals surface area contributed by atoms with E-state index in [-0.39, 0.29) is 12.5 Å². The van der Waals surface area contributed by atoms with E-state index in [9.17, 15) is 4.79 Å². The molecule has 0 spiro atoms. The van der Waals surface area contributed by atoms with Crippen LogP contribution in [0, 0.1) is 0 Å². The van der Waals surface area contributed by atoms with Gasteiger partial charge in [-0.3, -0.25) is 14.7 Å². The van der Waals surface area contributed by atoms with Crippen LogP contribution in [0.3, 0.4) is 0 Å². The molecule has 0 amide bonds. The SMILES string of the molecule is COC(=O)CN(C)Cc1ccnc(CN)c1. The number of hydrogen-bond acceptors (Lipinski definition) is 5. The lowest BCUT2D eigenvalue weighted by atomic mass is 10.2. The van der Waals surface area contributed by atoms with Crippen LogP contribution < -0.4 is 5.73 Å². The van der Waals surface area contributed by atoms with Gasteiger partial charge in [0.2, 0.25) is 0 Å². The van der Waals surface area contributed by atoms with Crippen LogP contribution in [-0.4, -0.2) is 36.6 Å². The molecule has 88 valence electrons. The molecule has 1 aromatic rings. The third-order valence-electron chi connectivity index (χ3n) is 2.17. The molecule has 5 nitrogen and oxygen atoms in total. The van der Waals surface area contributed by atoms with Crippen molar-refractivity contribution in [2.24, 2.45) is 5.73 Å². The topological polar surface area (TPSA) is 68.5 Å². The Morgan fingerprint density at radius 3 is 3.00 bits per heavy atom. The molecule has 0 aliphatic heterocycles. The van der Waals surface area contributed by atoms with E-state index < -0.39 is 0 Å². The summed E-state index contributed by atoms with van der Waals surface area (Å²) in [6.45, 7) is 1.37. The van der Waals surface area contributed by atoms with Crippen LogP contribution in [0.15, 0.2) is 18.3 Å². The van der Waals surface area contributed by atoms with Crippen LogP contribution in [-0.2, 0) is 22.6 Å². The largest absolute Gasteiger partial charge is 0.468 e. The van der Waals surface area contributed by atoms with Crippen molar-refractivity contribution in [2.75, 3.05) is 20.7 Å². The second kappa shape index (κ2) is 6.19. The maximum absolute atomic E-state index is 11.0. The van der Waals surface area contributed by atoms with Gasteiger partial charge < -0.3 is 10.5 Å². The van der Waals surface area contributed by atoms with Crippen LogP contribution in [0.1, 0.15) is 11.3 Å². The van der Waals surface area contributed by atoms with Crippen molar-refractivity contribution in [1.82, 2.24) is 9.88 Å². The van der Waals surface area contributed by atoms with Crippen molar-refractivity contribution < 1.29 is 9.53 Å². The molecule has 0 aromatic carbocycles. The monoisotopic (exact) mass is 223 g/mol. The number of carbonyl (C=O) groups is 1. The van der Waals surface area contributed by atoms with Crippen molar-refractivity contribution in [3.05, 3.63) is 29.6 Å². The highest BCUT2D eigenvalue weighted by molar-refractivity contribution is 5.71. The molecule has 0 aliphatic carbocycles. The third kappa shape index (κ3) is 3.96. The van der Waals surface area contributed by atoms with Gasteiger partial charge in [-0.05, 0) is 24.7 Å². The smallest absolute Gasteiger partial charge is 0.319 e. The number of nitrogens with zero attached hydrogens (tertiary/aromatic N) is 2. The summed E-state index contributed by atoms with van der Waals surface area (Å²) in [4.78, 5) is 17.0. The van der Waals surface area contributed by atoms with Gasteiger partial charge in [-0.15, -0.1) is 0 Å². The molecule has 0 atom stereocenters. The fourth-order valence-corrected chi connectivity index (χ4v) is 1.39. The number of pyridine rings is 1. The Hall–Kier alpha value is -1.46. The van der Waals surface area contributed by atoms with Crippen LogP contribution in [0.2, 0.25) is 0 Å². The lowest BCUT2D eigenvalue weighted by Gasteiger charge is -2.15. The molecule has 16 heavy (non-hydrogen) atoms. The molecule has 1 rings (SSSR count). The first-order valence-electron chi connectivity index (χ1n) is 5.05. The zero-order valence-electron chi connectivity index (χ0n) is 9.64. The average Bonchev–Trinajstić information content (AvgIpc) is 2.28. The van der Waals surface area contributed by atoms with Gasteiger partial charge in [0.05, 0.1) is 19.3 Å². The summed E-state index contributed by atoms with van der Waals surface area (Å²) >= 11 is 0. The van der Waals surface area contributed by atoms with Gasteiger partial charge in [-0.25, -0.2) is 0 Å². The average molecular weight is 223 g/mol. The zero-order chi connectivity index (χ0) is 12.0. The molecule has 0 saturated carbocycles. The molecule has 0 fully saturated rings. The second-order valence-corrected chi connectivity index (χ2v) is 3.61. The molecular formula is C11H17N3O2. The van der Waals surface area contributed by atoms with Gasteiger partial charge >= 0.3 is 5.97 Å². The maximum atomic E-state index is 11.0. The summed E-state index contributed by atoms with van der Waals surface area (Å²) in [5, 5.41) is 0. The number of hydrogen-bond donors (Lipinski definition) is 1. The van der Waals surface area contributed by atoms with E-state index in [1.165, 1.54) is 7.11 Å². The van der Waals surface area contributed by atoms with E-state index >= 15 is 0 Å². The fraction of sp³-hybridized carbons (Fsp3) is 0.455. The molecule has 1 aromatic heterocycles. The molecule has 0 bridgehead atoms. The van der Waals surface area contributed by atoms with Crippen molar-refractivity contribution >= 4 is 5.97 Å². The van der Waals surface area contributed by atoms with Crippen LogP contribution in [0.25, 0.3) is 0 Å². The molecule has 0 aliphatic rings. The van der Waals surface area contributed by atoms with E-state index in [1.807, 2.05) is 24.1 Å². The van der Waals surface area contributed by atoms with Crippen molar-refractivity contribution in [3.8, 4) is 0 Å². The Bertz CT molecular complexity index is 355. The number of esters is 1. The normalized spacial score (nSPS) is 10.5. The summed E-state index contributed by atoms with van der Waals surface area (Å²) in [6, 6.07) is 3.85. The van der Waals surface area contributed by atoms with Crippen molar-refractivity contribution in [2.45, 2.75) is 13.1 Å². The van der Waals surface area contributed by atoms with Gasteiger partial charge in [-0.1, -0.05) is 0 Å². The summed E-state index contributed by atoms with van der Waals surface area (Å²) in [5.41, 5.74) is 7.44. The number of nitrogens with two attached hydrogens (primary N) is 1. The number of likely N-dealkylation sites (N-methyl/N-ethyl adjacent to an activating group) is 1. The molecule has 0 saturated heterocycles. The van der Waals surface area contributed by atoms with E-state index in [4.69, 9.17) is 5.73 Å².